The highest BCUT2D eigenvalue weighted by Crippen LogP contribution is 2.48. The lowest BCUT2D eigenvalue weighted by Crippen LogP contribution is -2.66. The SMILES string of the molecule is CC(C)(C(=O)N1CC2(CN(C(=O)c3cnn(Cc4ccc(F)cc4)c3)C[C@H]2COCc2cccc(C3CCC(F)(F)CC3)c2)C1)C(F)(F)F. The van der Waals surface area contributed by atoms with Gasteiger partial charge in [-0.1, -0.05) is 36.4 Å². The van der Waals surface area contributed by atoms with Crippen molar-refractivity contribution in [1.29, 1.82) is 0 Å². The van der Waals surface area contributed by atoms with E-state index in [-0.39, 0.29) is 75.8 Å². The van der Waals surface area contributed by atoms with Gasteiger partial charge >= 0.3 is 6.18 Å². The predicted octanol–water partition coefficient (Wildman–Crippen LogP) is 7.07. The van der Waals surface area contributed by atoms with Gasteiger partial charge in [0.25, 0.3) is 5.91 Å². The fourth-order valence-corrected chi connectivity index (χ4v) is 7.30. The number of amides is 2. The number of aromatic nitrogens is 2. The van der Waals surface area contributed by atoms with Gasteiger partial charge in [-0.3, -0.25) is 14.3 Å². The van der Waals surface area contributed by atoms with E-state index in [9.17, 15) is 35.9 Å². The van der Waals surface area contributed by atoms with E-state index in [1.165, 1.54) is 23.2 Å². The highest BCUT2D eigenvalue weighted by atomic mass is 19.4. The van der Waals surface area contributed by atoms with E-state index < -0.39 is 28.8 Å². The normalized spacial score (nSPS) is 20.9. The van der Waals surface area contributed by atoms with Gasteiger partial charge in [-0.05, 0) is 61.4 Å². The Hall–Kier alpha value is -3.87. The number of halogens is 6. The molecule has 3 fully saturated rings. The van der Waals surface area contributed by atoms with Crippen molar-refractivity contribution in [2.45, 2.75) is 70.7 Å². The number of carbonyl (C=O) groups excluding carboxylic acids is 2. The van der Waals surface area contributed by atoms with Crippen LogP contribution in [0, 0.1) is 22.6 Å². The molecule has 1 atom stereocenters. The zero-order valence-corrected chi connectivity index (χ0v) is 27.5. The number of carbonyl (C=O) groups is 2. The molecule has 0 radical (unpaired) electrons. The molecule has 3 aliphatic rings. The summed E-state index contributed by atoms with van der Waals surface area (Å²) in [7, 11) is 0. The number of nitrogens with zero attached hydrogens (tertiary/aromatic N) is 4. The first-order chi connectivity index (χ1) is 23.1. The third kappa shape index (κ3) is 7.36. The second kappa shape index (κ2) is 13.1. The molecule has 1 saturated carbocycles. The molecule has 7 nitrogen and oxygen atoms in total. The van der Waals surface area contributed by atoms with E-state index in [0.29, 0.717) is 24.9 Å². The molecule has 2 saturated heterocycles. The monoisotopic (exact) mass is 690 g/mol. The average Bonchev–Trinajstić information content (AvgIpc) is 3.66. The highest BCUT2D eigenvalue weighted by Gasteiger charge is 2.61. The second-order valence-corrected chi connectivity index (χ2v) is 14.5. The molecule has 0 unspecified atom stereocenters. The summed E-state index contributed by atoms with van der Waals surface area (Å²) in [6.45, 7) is 3.17. The van der Waals surface area contributed by atoms with Crippen LogP contribution in [0.5, 0.6) is 0 Å². The quantitative estimate of drug-likeness (QED) is 0.226. The number of likely N-dealkylation sites (tertiary alicyclic amines) is 2. The van der Waals surface area contributed by atoms with E-state index in [0.717, 1.165) is 30.5 Å². The molecule has 2 aliphatic heterocycles. The van der Waals surface area contributed by atoms with Crippen LogP contribution in [0.4, 0.5) is 26.3 Å². The zero-order chi connectivity index (χ0) is 35.2. The Labute approximate surface area is 281 Å². The van der Waals surface area contributed by atoms with Crippen molar-refractivity contribution in [3.05, 3.63) is 89.0 Å². The molecule has 2 aromatic carbocycles. The van der Waals surface area contributed by atoms with Crippen molar-refractivity contribution in [2.24, 2.45) is 16.7 Å². The Morgan fingerprint density at radius 3 is 2.31 bits per heavy atom. The fourth-order valence-electron chi connectivity index (χ4n) is 7.30. The van der Waals surface area contributed by atoms with Gasteiger partial charge < -0.3 is 14.5 Å². The van der Waals surface area contributed by atoms with Crippen LogP contribution < -0.4 is 0 Å². The number of hydrogen-bond acceptors (Lipinski definition) is 4. The van der Waals surface area contributed by atoms with Crippen LogP contribution in [0.3, 0.4) is 0 Å². The van der Waals surface area contributed by atoms with Crippen LogP contribution in [0.15, 0.2) is 60.9 Å². The van der Waals surface area contributed by atoms with Crippen molar-refractivity contribution in [3.8, 4) is 0 Å². The zero-order valence-electron chi connectivity index (χ0n) is 27.5. The minimum atomic E-state index is -4.71. The minimum Gasteiger partial charge on any atom is -0.376 e. The average molecular weight is 691 g/mol. The fraction of sp³-hybridized carbons (Fsp3) is 0.528. The summed E-state index contributed by atoms with van der Waals surface area (Å²) in [5.41, 5.74) is -0.194. The van der Waals surface area contributed by atoms with Crippen LogP contribution in [0.2, 0.25) is 0 Å². The second-order valence-electron chi connectivity index (χ2n) is 14.5. The van der Waals surface area contributed by atoms with Crippen molar-refractivity contribution in [1.82, 2.24) is 19.6 Å². The molecule has 13 heteroatoms. The first-order valence-corrected chi connectivity index (χ1v) is 16.5. The third-order valence-electron chi connectivity index (χ3n) is 10.5. The van der Waals surface area contributed by atoms with E-state index in [4.69, 9.17) is 4.74 Å². The lowest BCUT2D eigenvalue weighted by molar-refractivity contribution is -0.223. The summed E-state index contributed by atoms with van der Waals surface area (Å²) in [6, 6.07) is 13.6. The Balaban J connectivity index is 1.13. The molecular weight excluding hydrogens is 650 g/mol. The summed E-state index contributed by atoms with van der Waals surface area (Å²) in [6.07, 6.45) is -1.10. The molecule has 0 bridgehead atoms. The first kappa shape index (κ1) is 35.0. The number of ether oxygens (including phenoxy) is 1. The molecule has 49 heavy (non-hydrogen) atoms. The smallest absolute Gasteiger partial charge is 0.376 e. The lowest BCUT2D eigenvalue weighted by atomic mass is 9.70. The lowest BCUT2D eigenvalue weighted by Gasteiger charge is -2.52. The molecule has 1 spiro atoms. The van der Waals surface area contributed by atoms with Crippen LogP contribution in [0.1, 0.15) is 72.5 Å². The van der Waals surface area contributed by atoms with Crippen LogP contribution in [-0.4, -0.2) is 76.3 Å². The van der Waals surface area contributed by atoms with Crippen LogP contribution >= 0.6 is 0 Å². The Morgan fingerprint density at radius 1 is 0.959 bits per heavy atom. The maximum atomic E-state index is 13.7. The highest BCUT2D eigenvalue weighted by molar-refractivity contribution is 5.94. The van der Waals surface area contributed by atoms with E-state index in [2.05, 4.69) is 5.10 Å². The van der Waals surface area contributed by atoms with Gasteiger partial charge in [-0.25, -0.2) is 13.2 Å². The van der Waals surface area contributed by atoms with Gasteiger partial charge in [0.1, 0.15) is 11.2 Å². The summed E-state index contributed by atoms with van der Waals surface area (Å²) in [5.74, 6) is -4.47. The van der Waals surface area contributed by atoms with E-state index in [1.54, 1.807) is 27.9 Å². The Kier molecular flexibility index (Phi) is 9.36. The molecule has 264 valence electrons. The first-order valence-electron chi connectivity index (χ1n) is 16.5. The Morgan fingerprint density at radius 2 is 1.63 bits per heavy atom. The van der Waals surface area contributed by atoms with Crippen molar-refractivity contribution < 1.29 is 40.7 Å². The summed E-state index contributed by atoms with van der Waals surface area (Å²) < 4.78 is 89.5. The third-order valence-corrected chi connectivity index (χ3v) is 10.5. The predicted molar refractivity (Wildman–Crippen MR) is 168 cm³/mol. The summed E-state index contributed by atoms with van der Waals surface area (Å²) in [5, 5.41) is 4.29. The number of hydrogen-bond donors (Lipinski definition) is 0. The molecule has 6 rings (SSSR count). The Bertz CT molecular complexity index is 1660. The van der Waals surface area contributed by atoms with Gasteiger partial charge in [0.2, 0.25) is 11.8 Å². The van der Waals surface area contributed by atoms with Crippen molar-refractivity contribution in [2.75, 3.05) is 32.8 Å². The van der Waals surface area contributed by atoms with Gasteiger partial charge in [-0.15, -0.1) is 0 Å². The number of alkyl halides is 5. The largest absolute Gasteiger partial charge is 0.402 e. The molecule has 0 N–H and O–H groups in total. The summed E-state index contributed by atoms with van der Waals surface area (Å²) >= 11 is 0. The van der Waals surface area contributed by atoms with Crippen LogP contribution in [-0.2, 0) is 22.7 Å². The molecule has 1 aromatic heterocycles. The van der Waals surface area contributed by atoms with Crippen molar-refractivity contribution in [3.63, 3.8) is 0 Å². The van der Waals surface area contributed by atoms with Crippen LogP contribution in [0.25, 0.3) is 0 Å². The molecular formula is C36H40F6N4O3. The molecule has 1 aliphatic carbocycles. The topological polar surface area (TPSA) is 67.7 Å². The van der Waals surface area contributed by atoms with Gasteiger partial charge in [0.15, 0.2) is 0 Å². The van der Waals surface area contributed by atoms with Gasteiger partial charge in [0, 0.05) is 56.6 Å². The summed E-state index contributed by atoms with van der Waals surface area (Å²) in [4.78, 5) is 29.5. The van der Waals surface area contributed by atoms with Gasteiger partial charge in [0.05, 0.1) is 31.5 Å². The molecule has 3 heterocycles. The number of benzene rings is 2. The maximum absolute atomic E-state index is 13.7. The number of rotatable bonds is 9. The standard InChI is InChI=1S/C36H40F6N4O3/c1-33(2,36(40,41)42)32(48)45-22-34(23-45)21-44(31(47)28-15-43-46(17-28)16-24-6-8-30(37)9-7-24)18-29(34)20-49-19-25-4-3-5-27(14-25)26-10-12-35(38,39)13-11-26/h3-9,14-15,17,26,29H,10-13,16,18-23H2,1-2H3/t29-/m0/s1. The molecule has 3 aromatic rings. The minimum absolute atomic E-state index is 0.0525. The maximum Gasteiger partial charge on any atom is 0.402 e. The van der Waals surface area contributed by atoms with E-state index >= 15 is 0 Å². The van der Waals surface area contributed by atoms with E-state index in [1.807, 2.05) is 24.3 Å². The molecule has 2 amide bonds. The van der Waals surface area contributed by atoms with Gasteiger partial charge in [-0.2, -0.15) is 18.3 Å². The van der Waals surface area contributed by atoms with Crippen molar-refractivity contribution >= 4 is 11.8 Å².